The summed E-state index contributed by atoms with van der Waals surface area (Å²) in [5, 5.41) is 9.31. The Labute approximate surface area is 149 Å². The first-order valence-corrected chi connectivity index (χ1v) is 7.83. The predicted octanol–water partition coefficient (Wildman–Crippen LogP) is 4.74. The van der Waals surface area contributed by atoms with Crippen LogP contribution in [0.4, 0.5) is 0 Å². The van der Waals surface area contributed by atoms with Crippen molar-refractivity contribution in [2.75, 3.05) is 6.61 Å². The lowest BCUT2D eigenvalue weighted by Gasteiger charge is -2.05. The minimum absolute atomic E-state index is 0.0735. The molecule has 0 saturated heterocycles. The molecule has 24 heavy (non-hydrogen) atoms. The summed E-state index contributed by atoms with van der Waals surface area (Å²) in [7, 11) is 0. The quantitative estimate of drug-likeness (QED) is 0.569. The van der Waals surface area contributed by atoms with Crippen LogP contribution in [0.15, 0.2) is 48.5 Å². The largest absolute Gasteiger partial charge is 0.493 e. The van der Waals surface area contributed by atoms with Gasteiger partial charge >= 0.3 is 5.97 Å². The Kier molecular flexibility index (Phi) is 6.41. The summed E-state index contributed by atoms with van der Waals surface area (Å²) >= 11 is 11.7. The van der Waals surface area contributed by atoms with Crippen molar-refractivity contribution in [2.24, 2.45) is 0 Å². The summed E-state index contributed by atoms with van der Waals surface area (Å²) in [4.78, 5) is 22.6. The van der Waals surface area contributed by atoms with E-state index in [9.17, 15) is 9.59 Å². The summed E-state index contributed by atoms with van der Waals surface area (Å²) in [5.41, 5.74) is 1.20. The van der Waals surface area contributed by atoms with E-state index in [1.807, 2.05) is 6.07 Å². The molecule has 0 aliphatic heterocycles. The van der Waals surface area contributed by atoms with Crippen LogP contribution >= 0.6 is 23.2 Å². The van der Waals surface area contributed by atoms with Gasteiger partial charge in [0.2, 0.25) is 0 Å². The highest BCUT2D eigenvalue weighted by Crippen LogP contribution is 2.23. The van der Waals surface area contributed by atoms with Gasteiger partial charge in [-0.2, -0.15) is 0 Å². The van der Waals surface area contributed by atoms with Crippen LogP contribution in [0.3, 0.4) is 0 Å². The van der Waals surface area contributed by atoms with Gasteiger partial charge in [0.25, 0.3) is 0 Å². The first-order valence-electron chi connectivity index (χ1n) is 7.08. The maximum absolute atomic E-state index is 12.1. The average molecular weight is 365 g/mol. The van der Waals surface area contributed by atoms with Gasteiger partial charge in [-0.15, -0.1) is 0 Å². The molecule has 6 heteroatoms. The minimum Gasteiger partial charge on any atom is -0.493 e. The first kappa shape index (κ1) is 18.0. The van der Waals surface area contributed by atoms with Crippen molar-refractivity contribution in [3.63, 3.8) is 0 Å². The van der Waals surface area contributed by atoms with E-state index in [2.05, 4.69) is 0 Å². The molecule has 2 aromatic rings. The zero-order valence-corrected chi connectivity index (χ0v) is 14.1. The zero-order chi connectivity index (χ0) is 17.5. The van der Waals surface area contributed by atoms with E-state index in [1.54, 1.807) is 36.4 Å². The van der Waals surface area contributed by atoms with Crippen LogP contribution in [0.25, 0.3) is 6.08 Å². The number of ether oxygens (including phenoxy) is 1. The second kappa shape index (κ2) is 8.52. The van der Waals surface area contributed by atoms with Crippen LogP contribution in [0, 0.1) is 0 Å². The molecule has 0 aliphatic rings. The maximum Gasteiger partial charge on any atom is 0.306 e. The van der Waals surface area contributed by atoms with E-state index in [0.717, 1.165) is 5.56 Å². The van der Waals surface area contributed by atoms with Crippen LogP contribution in [-0.4, -0.2) is 23.5 Å². The molecule has 0 radical (unpaired) electrons. The number of carboxylic acid groups (broad SMARTS) is 1. The highest BCUT2D eigenvalue weighted by atomic mass is 35.5. The number of rotatable bonds is 7. The van der Waals surface area contributed by atoms with E-state index in [4.69, 9.17) is 33.0 Å². The molecule has 0 atom stereocenters. The van der Waals surface area contributed by atoms with Gasteiger partial charge in [0.15, 0.2) is 5.78 Å². The number of carbonyl (C=O) groups excluding carboxylic acids is 1. The Hall–Kier alpha value is -2.30. The van der Waals surface area contributed by atoms with Crippen molar-refractivity contribution in [1.29, 1.82) is 0 Å². The van der Waals surface area contributed by atoms with Gasteiger partial charge in [0.05, 0.1) is 23.1 Å². The van der Waals surface area contributed by atoms with Crippen molar-refractivity contribution in [3.05, 3.63) is 69.7 Å². The first-order chi connectivity index (χ1) is 11.5. The third-order valence-electron chi connectivity index (χ3n) is 3.07. The molecule has 0 fully saturated rings. The second-order valence-electron chi connectivity index (χ2n) is 4.89. The SMILES string of the molecule is O=C(O)CCOc1cccc(/C=C/C(=O)c2ccc(Cl)c(Cl)c2)c1. The van der Waals surface area contributed by atoms with Crippen molar-refractivity contribution >= 4 is 41.0 Å². The van der Waals surface area contributed by atoms with Crippen molar-refractivity contribution in [1.82, 2.24) is 0 Å². The molecule has 0 saturated carbocycles. The van der Waals surface area contributed by atoms with Gasteiger partial charge in [-0.1, -0.05) is 41.4 Å². The molecule has 0 aliphatic carbocycles. The number of benzene rings is 2. The Balaban J connectivity index is 2.04. The molecule has 124 valence electrons. The fraction of sp³-hybridized carbons (Fsp3) is 0.111. The van der Waals surface area contributed by atoms with Crippen LogP contribution in [0.2, 0.25) is 10.0 Å². The number of hydrogen-bond acceptors (Lipinski definition) is 3. The van der Waals surface area contributed by atoms with Crippen LogP contribution in [0.1, 0.15) is 22.3 Å². The highest BCUT2D eigenvalue weighted by Gasteiger charge is 2.05. The van der Waals surface area contributed by atoms with Crippen LogP contribution < -0.4 is 4.74 Å². The normalized spacial score (nSPS) is 10.8. The van der Waals surface area contributed by atoms with Gasteiger partial charge in [0, 0.05) is 5.56 Å². The Morgan fingerprint density at radius 2 is 1.88 bits per heavy atom. The predicted molar refractivity (Wildman–Crippen MR) is 94.0 cm³/mol. The monoisotopic (exact) mass is 364 g/mol. The smallest absolute Gasteiger partial charge is 0.306 e. The minimum atomic E-state index is -0.918. The van der Waals surface area contributed by atoms with Gasteiger partial charge in [-0.3, -0.25) is 9.59 Å². The number of carboxylic acids is 1. The fourth-order valence-corrected chi connectivity index (χ4v) is 2.18. The van der Waals surface area contributed by atoms with E-state index in [-0.39, 0.29) is 18.8 Å². The van der Waals surface area contributed by atoms with Crippen LogP contribution in [0.5, 0.6) is 5.75 Å². The lowest BCUT2D eigenvalue weighted by molar-refractivity contribution is -0.137. The van der Waals surface area contributed by atoms with Gasteiger partial charge in [0.1, 0.15) is 5.75 Å². The highest BCUT2D eigenvalue weighted by molar-refractivity contribution is 6.42. The van der Waals surface area contributed by atoms with Gasteiger partial charge in [-0.05, 0) is 42.0 Å². The number of allylic oxidation sites excluding steroid dienone is 1. The Bertz CT molecular complexity index is 784. The third kappa shape index (κ3) is 5.41. The Morgan fingerprint density at radius 3 is 2.58 bits per heavy atom. The zero-order valence-electron chi connectivity index (χ0n) is 12.5. The van der Waals surface area contributed by atoms with Gasteiger partial charge in [-0.25, -0.2) is 0 Å². The number of ketones is 1. The number of hydrogen-bond donors (Lipinski definition) is 1. The summed E-state index contributed by atoms with van der Waals surface area (Å²) in [5.74, 6) is -0.579. The lowest BCUT2D eigenvalue weighted by atomic mass is 10.1. The standard InChI is InChI=1S/C18H14Cl2O4/c19-15-6-5-13(11-16(15)20)17(21)7-4-12-2-1-3-14(10-12)24-9-8-18(22)23/h1-7,10-11H,8-9H2,(H,22,23)/b7-4+. The molecule has 0 bridgehead atoms. The molecule has 0 heterocycles. The topological polar surface area (TPSA) is 63.6 Å². The van der Waals surface area contributed by atoms with E-state index in [0.29, 0.717) is 21.4 Å². The molecule has 2 rings (SSSR count). The summed E-state index contributed by atoms with van der Waals surface area (Å²) in [6.45, 7) is 0.0880. The molecule has 1 N–H and O–H groups in total. The molecular formula is C18H14Cl2O4. The van der Waals surface area contributed by atoms with E-state index < -0.39 is 5.97 Å². The molecule has 0 spiro atoms. The summed E-state index contributed by atoms with van der Waals surface area (Å²) < 4.78 is 5.35. The molecule has 0 amide bonds. The van der Waals surface area contributed by atoms with Crippen LogP contribution in [-0.2, 0) is 4.79 Å². The Morgan fingerprint density at radius 1 is 1.08 bits per heavy atom. The second-order valence-corrected chi connectivity index (χ2v) is 5.71. The summed E-state index contributed by atoms with van der Waals surface area (Å²) in [6.07, 6.45) is 3.00. The van der Waals surface area contributed by atoms with E-state index in [1.165, 1.54) is 12.1 Å². The molecule has 2 aromatic carbocycles. The number of aliphatic carboxylic acids is 1. The molecule has 0 aromatic heterocycles. The molecule has 0 unspecified atom stereocenters. The lowest BCUT2D eigenvalue weighted by Crippen LogP contribution is -2.04. The summed E-state index contributed by atoms with van der Waals surface area (Å²) in [6, 6.07) is 11.7. The molecule has 4 nitrogen and oxygen atoms in total. The van der Waals surface area contributed by atoms with E-state index >= 15 is 0 Å². The number of carbonyl (C=O) groups is 2. The molecular weight excluding hydrogens is 351 g/mol. The van der Waals surface area contributed by atoms with Gasteiger partial charge < -0.3 is 9.84 Å². The van der Waals surface area contributed by atoms with Crippen molar-refractivity contribution in [3.8, 4) is 5.75 Å². The number of halogens is 2. The maximum atomic E-state index is 12.1. The fourth-order valence-electron chi connectivity index (χ4n) is 1.88. The average Bonchev–Trinajstić information content (AvgIpc) is 2.55. The van der Waals surface area contributed by atoms with Crippen molar-refractivity contribution < 1.29 is 19.4 Å². The van der Waals surface area contributed by atoms with Crippen molar-refractivity contribution in [2.45, 2.75) is 6.42 Å². The third-order valence-corrected chi connectivity index (χ3v) is 3.81.